The smallest absolute Gasteiger partial charge is 0.223 e. The Bertz CT molecular complexity index is 185. The molecular formula is C9H14ClNO. The fourth-order valence-electron chi connectivity index (χ4n) is 2.50. The molecule has 0 heterocycles. The van der Waals surface area contributed by atoms with Gasteiger partial charge >= 0.3 is 0 Å². The molecule has 2 saturated carbocycles. The number of carbonyl (C=O) groups is 1. The van der Waals surface area contributed by atoms with Gasteiger partial charge in [0.05, 0.1) is 0 Å². The molecule has 2 rings (SSSR count). The number of hydrogen-bond donors (Lipinski definition) is 1. The van der Waals surface area contributed by atoms with Crippen molar-refractivity contribution < 1.29 is 4.79 Å². The number of halogens is 1. The van der Waals surface area contributed by atoms with Crippen LogP contribution in [0.2, 0.25) is 0 Å². The summed E-state index contributed by atoms with van der Waals surface area (Å²) in [6.07, 6.45) is 3.86. The Morgan fingerprint density at radius 1 is 1.42 bits per heavy atom. The number of nitrogens with one attached hydrogen (secondary N) is 1. The Labute approximate surface area is 77.7 Å². The van der Waals surface area contributed by atoms with Crippen molar-refractivity contribution in [2.75, 3.05) is 12.4 Å². The van der Waals surface area contributed by atoms with Gasteiger partial charge < -0.3 is 5.32 Å². The van der Waals surface area contributed by atoms with Crippen molar-refractivity contribution in [3.8, 4) is 0 Å². The summed E-state index contributed by atoms with van der Waals surface area (Å²) in [4.78, 5) is 11.4. The van der Waals surface area contributed by atoms with Crippen LogP contribution in [-0.4, -0.2) is 18.3 Å². The maximum Gasteiger partial charge on any atom is 0.223 e. The first-order valence-electron chi connectivity index (χ1n) is 4.68. The summed E-state index contributed by atoms with van der Waals surface area (Å²) in [5.74, 6) is 2.56. The monoisotopic (exact) mass is 187 g/mol. The third-order valence-corrected chi connectivity index (χ3v) is 3.29. The van der Waals surface area contributed by atoms with Crippen molar-refractivity contribution in [3.05, 3.63) is 0 Å². The van der Waals surface area contributed by atoms with E-state index < -0.39 is 0 Å². The van der Waals surface area contributed by atoms with Gasteiger partial charge in [-0.25, -0.2) is 0 Å². The van der Waals surface area contributed by atoms with Gasteiger partial charge in [-0.05, 0) is 24.7 Å². The first kappa shape index (κ1) is 8.36. The van der Waals surface area contributed by atoms with Crippen molar-refractivity contribution in [1.29, 1.82) is 0 Å². The maximum absolute atomic E-state index is 11.4. The van der Waals surface area contributed by atoms with Crippen LogP contribution < -0.4 is 5.32 Å². The number of hydrogen-bond acceptors (Lipinski definition) is 1. The van der Waals surface area contributed by atoms with Crippen LogP contribution in [0.3, 0.4) is 0 Å². The Kier molecular flexibility index (Phi) is 2.26. The van der Waals surface area contributed by atoms with Crippen LogP contribution in [0, 0.1) is 17.8 Å². The van der Waals surface area contributed by atoms with Crippen LogP contribution in [0.15, 0.2) is 0 Å². The second-order valence-electron chi connectivity index (χ2n) is 3.76. The Hall–Kier alpha value is -0.240. The van der Waals surface area contributed by atoms with Crippen LogP contribution in [0.1, 0.15) is 19.3 Å². The zero-order chi connectivity index (χ0) is 8.55. The molecule has 12 heavy (non-hydrogen) atoms. The zero-order valence-corrected chi connectivity index (χ0v) is 7.81. The van der Waals surface area contributed by atoms with Crippen molar-refractivity contribution in [2.45, 2.75) is 19.3 Å². The molecule has 0 radical (unpaired) electrons. The predicted molar refractivity (Wildman–Crippen MR) is 48.1 cm³/mol. The first-order chi connectivity index (χ1) is 5.84. The quantitative estimate of drug-likeness (QED) is 0.665. The molecule has 68 valence electrons. The SMILES string of the molecule is O=C(NCCCl)C1C2CCCC21. The van der Waals surface area contributed by atoms with Crippen molar-refractivity contribution >= 4 is 17.5 Å². The molecule has 2 fully saturated rings. The highest BCUT2D eigenvalue weighted by Crippen LogP contribution is 2.57. The van der Waals surface area contributed by atoms with E-state index in [9.17, 15) is 4.79 Å². The lowest BCUT2D eigenvalue weighted by molar-refractivity contribution is -0.122. The topological polar surface area (TPSA) is 29.1 Å². The van der Waals surface area contributed by atoms with Crippen molar-refractivity contribution in [2.24, 2.45) is 17.8 Å². The molecule has 0 aliphatic heterocycles. The Morgan fingerprint density at radius 3 is 2.67 bits per heavy atom. The molecule has 0 aromatic carbocycles. The minimum atomic E-state index is 0.241. The van der Waals surface area contributed by atoms with E-state index in [0.717, 1.165) is 11.8 Å². The minimum absolute atomic E-state index is 0.241. The summed E-state index contributed by atoms with van der Waals surface area (Å²) >= 11 is 5.48. The standard InChI is InChI=1S/C9H14ClNO/c10-4-5-11-9(12)8-6-2-1-3-7(6)8/h6-8H,1-5H2,(H,11,12). The maximum atomic E-state index is 11.4. The van der Waals surface area contributed by atoms with Gasteiger partial charge in [0.25, 0.3) is 0 Å². The average molecular weight is 188 g/mol. The zero-order valence-electron chi connectivity index (χ0n) is 7.05. The molecule has 2 atom stereocenters. The number of alkyl halides is 1. The highest BCUT2D eigenvalue weighted by molar-refractivity contribution is 6.18. The molecule has 0 aromatic rings. The van der Waals surface area contributed by atoms with Gasteiger partial charge in [-0.3, -0.25) is 4.79 Å². The largest absolute Gasteiger partial charge is 0.355 e. The number of amides is 1. The third-order valence-electron chi connectivity index (χ3n) is 3.10. The molecule has 2 unspecified atom stereocenters. The van der Waals surface area contributed by atoms with Gasteiger partial charge in [0, 0.05) is 18.3 Å². The number of rotatable bonds is 3. The summed E-state index contributed by atoms with van der Waals surface area (Å²) in [6, 6.07) is 0. The second-order valence-corrected chi connectivity index (χ2v) is 4.14. The molecule has 2 aliphatic carbocycles. The third kappa shape index (κ3) is 1.33. The molecule has 2 nitrogen and oxygen atoms in total. The highest BCUT2D eigenvalue weighted by atomic mass is 35.5. The number of fused-ring (bicyclic) bond motifs is 1. The fourth-order valence-corrected chi connectivity index (χ4v) is 2.59. The molecule has 2 aliphatic rings. The Morgan fingerprint density at radius 2 is 2.08 bits per heavy atom. The van der Waals surface area contributed by atoms with E-state index in [-0.39, 0.29) is 5.91 Å². The molecule has 0 aromatic heterocycles. The summed E-state index contributed by atoms with van der Waals surface area (Å²) < 4.78 is 0. The van der Waals surface area contributed by atoms with Gasteiger partial charge in [0.1, 0.15) is 0 Å². The molecular weight excluding hydrogens is 174 g/mol. The van der Waals surface area contributed by atoms with Gasteiger partial charge in [-0.2, -0.15) is 0 Å². The van der Waals surface area contributed by atoms with Crippen molar-refractivity contribution in [1.82, 2.24) is 5.32 Å². The van der Waals surface area contributed by atoms with Gasteiger partial charge in [-0.1, -0.05) is 6.42 Å². The van der Waals surface area contributed by atoms with Gasteiger partial charge in [0.15, 0.2) is 0 Å². The van der Waals surface area contributed by atoms with E-state index in [1.165, 1.54) is 19.3 Å². The van der Waals surface area contributed by atoms with Gasteiger partial charge in [-0.15, -0.1) is 11.6 Å². The highest BCUT2D eigenvalue weighted by Gasteiger charge is 2.56. The van der Waals surface area contributed by atoms with Crippen LogP contribution in [0.25, 0.3) is 0 Å². The fraction of sp³-hybridized carbons (Fsp3) is 0.889. The molecule has 0 bridgehead atoms. The Balaban J connectivity index is 1.76. The summed E-state index contributed by atoms with van der Waals surface area (Å²) in [5, 5.41) is 2.85. The second kappa shape index (κ2) is 3.25. The first-order valence-corrected chi connectivity index (χ1v) is 5.21. The minimum Gasteiger partial charge on any atom is -0.355 e. The molecule has 3 heteroatoms. The number of carbonyl (C=O) groups excluding carboxylic acids is 1. The lowest BCUT2D eigenvalue weighted by Gasteiger charge is -2.03. The molecule has 0 saturated heterocycles. The average Bonchev–Trinajstić information content (AvgIpc) is 2.56. The molecule has 1 N–H and O–H groups in total. The van der Waals surface area contributed by atoms with E-state index in [4.69, 9.17) is 11.6 Å². The van der Waals surface area contributed by atoms with E-state index in [1.807, 2.05) is 0 Å². The van der Waals surface area contributed by atoms with Crippen molar-refractivity contribution in [3.63, 3.8) is 0 Å². The molecule has 0 spiro atoms. The summed E-state index contributed by atoms with van der Waals surface area (Å²) in [7, 11) is 0. The normalized spacial score (nSPS) is 37.6. The lowest BCUT2D eigenvalue weighted by atomic mass is 10.1. The van der Waals surface area contributed by atoms with E-state index in [0.29, 0.717) is 18.3 Å². The van der Waals surface area contributed by atoms with Crippen LogP contribution in [0.5, 0.6) is 0 Å². The van der Waals surface area contributed by atoms with E-state index >= 15 is 0 Å². The van der Waals surface area contributed by atoms with E-state index in [2.05, 4.69) is 5.32 Å². The predicted octanol–water partition coefficient (Wildman–Crippen LogP) is 1.39. The lowest BCUT2D eigenvalue weighted by Crippen LogP contribution is -2.28. The van der Waals surface area contributed by atoms with E-state index in [1.54, 1.807) is 0 Å². The summed E-state index contributed by atoms with van der Waals surface area (Å²) in [5.41, 5.74) is 0. The summed E-state index contributed by atoms with van der Waals surface area (Å²) in [6.45, 7) is 0.621. The van der Waals surface area contributed by atoms with Crippen LogP contribution >= 0.6 is 11.6 Å². The molecule has 1 amide bonds. The van der Waals surface area contributed by atoms with Crippen LogP contribution in [0.4, 0.5) is 0 Å². The van der Waals surface area contributed by atoms with Crippen LogP contribution in [-0.2, 0) is 4.79 Å². The van der Waals surface area contributed by atoms with Gasteiger partial charge in [0.2, 0.25) is 5.91 Å².